The summed E-state index contributed by atoms with van der Waals surface area (Å²) in [5.41, 5.74) is 0.326. The van der Waals surface area contributed by atoms with Crippen molar-refractivity contribution in [3.8, 4) is 6.07 Å². The third kappa shape index (κ3) is 4.03. The van der Waals surface area contributed by atoms with Gasteiger partial charge in [0, 0.05) is 13.7 Å². The van der Waals surface area contributed by atoms with Gasteiger partial charge < -0.3 is 4.74 Å². The molecular weight excluding hydrogens is 264 g/mol. The van der Waals surface area contributed by atoms with Gasteiger partial charge in [0.25, 0.3) is 0 Å². The van der Waals surface area contributed by atoms with Gasteiger partial charge in [-0.2, -0.15) is 5.26 Å². The van der Waals surface area contributed by atoms with Crippen LogP contribution in [-0.2, 0) is 14.8 Å². The van der Waals surface area contributed by atoms with E-state index in [1.807, 2.05) is 6.07 Å². The molecule has 1 aromatic carbocycles. The van der Waals surface area contributed by atoms with Crippen molar-refractivity contribution in [2.75, 3.05) is 13.7 Å². The Hall–Kier alpha value is -1.42. The van der Waals surface area contributed by atoms with Crippen LogP contribution in [0.3, 0.4) is 0 Å². The summed E-state index contributed by atoms with van der Waals surface area (Å²) < 4.78 is 32.1. The Labute approximate surface area is 114 Å². The van der Waals surface area contributed by atoms with Crippen LogP contribution in [0.2, 0.25) is 0 Å². The van der Waals surface area contributed by atoms with Crippen molar-refractivity contribution in [3.63, 3.8) is 0 Å². The predicted molar refractivity (Wildman–Crippen MR) is 72.2 cm³/mol. The Bertz CT molecular complexity index is 601. The van der Waals surface area contributed by atoms with E-state index < -0.39 is 15.6 Å². The fraction of sp³-hybridized carbons (Fsp3) is 0.462. The minimum atomic E-state index is -3.65. The summed E-state index contributed by atoms with van der Waals surface area (Å²) in [7, 11) is -2.12. The van der Waals surface area contributed by atoms with E-state index in [1.165, 1.54) is 13.2 Å². The molecular formula is C13H18N2O3S. The lowest BCUT2D eigenvalue weighted by molar-refractivity contribution is 0.0276. The van der Waals surface area contributed by atoms with Gasteiger partial charge in [-0.3, -0.25) is 0 Å². The molecule has 0 aliphatic rings. The number of nitrogens with zero attached hydrogens (tertiary/aromatic N) is 1. The molecule has 0 unspecified atom stereocenters. The van der Waals surface area contributed by atoms with Crippen LogP contribution in [0.25, 0.3) is 0 Å². The number of methoxy groups -OCH3 is 1. The molecule has 1 N–H and O–H groups in total. The number of hydrogen-bond donors (Lipinski definition) is 1. The maximum Gasteiger partial charge on any atom is 0.240 e. The topological polar surface area (TPSA) is 79.2 Å². The number of hydrogen-bond acceptors (Lipinski definition) is 4. The first-order valence-corrected chi connectivity index (χ1v) is 7.26. The van der Waals surface area contributed by atoms with Crippen molar-refractivity contribution >= 4 is 10.0 Å². The Morgan fingerprint density at radius 1 is 1.42 bits per heavy atom. The van der Waals surface area contributed by atoms with Gasteiger partial charge >= 0.3 is 0 Å². The highest BCUT2D eigenvalue weighted by atomic mass is 32.2. The summed E-state index contributed by atoms with van der Waals surface area (Å²) in [6.45, 7) is 5.42. The summed E-state index contributed by atoms with van der Waals surface area (Å²) in [5, 5.41) is 8.83. The molecule has 0 aliphatic carbocycles. The van der Waals surface area contributed by atoms with Gasteiger partial charge in [0.05, 0.1) is 22.1 Å². The van der Waals surface area contributed by atoms with Crippen molar-refractivity contribution in [2.24, 2.45) is 0 Å². The van der Waals surface area contributed by atoms with E-state index in [4.69, 9.17) is 10.00 Å². The minimum Gasteiger partial charge on any atom is -0.377 e. The number of nitrogens with one attached hydrogen (secondary N) is 1. The number of nitriles is 1. The van der Waals surface area contributed by atoms with Gasteiger partial charge in [-0.1, -0.05) is 6.07 Å². The lowest BCUT2D eigenvalue weighted by Crippen LogP contribution is -2.39. The maximum absolute atomic E-state index is 12.2. The molecule has 0 aliphatic heterocycles. The molecule has 1 rings (SSSR count). The molecule has 0 aromatic heterocycles. The third-order valence-corrected chi connectivity index (χ3v) is 4.39. The molecule has 1 aromatic rings. The Balaban J connectivity index is 3.05. The highest BCUT2D eigenvalue weighted by molar-refractivity contribution is 7.89. The lowest BCUT2D eigenvalue weighted by atomic mass is 10.1. The van der Waals surface area contributed by atoms with Crippen molar-refractivity contribution < 1.29 is 13.2 Å². The van der Waals surface area contributed by atoms with Crippen LogP contribution >= 0.6 is 0 Å². The molecule has 0 atom stereocenters. The molecule has 104 valence electrons. The van der Waals surface area contributed by atoms with Gasteiger partial charge in [-0.05, 0) is 38.5 Å². The Kier molecular flexibility index (Phi) is 4.69. The quantitative estimate of drug-likeness (QED) is 0.889. The highest BCUT2D eigenvalue weighted by Gasteiger charge is 2.23. The van der Waals surface area contributed by atoms with E-state index in [2.05, 4.69) is 4.72 Å². The fourth-order valence-electron chi connectivity index (χ4n) is 1.38. The average molecular weight is 282 g/mol. The Morgan fingerprint density at radius 3 is 2.58 bits per heavy atom. The number of sulfonamides is 1. The van der Waals surface area contributed by atoms with E-state index in [9.17, 15) is 8.42 Å². The van der Waals surface area contributed by atoms with Crippen molar-refractivity contribution in [1.82, 2.24) is 4.72 Å². The highest BCUT2D eigenvalue weighted by Crippen LogP contribution is 2.17. The van der Waals surface area contributed by atoms with E-state index in [0.29, 0.717) is 11.1 Å². The SMILES string of the molecule is COC(C)(C)CNS(=O)(=O)c1cc(C#N)ccc1C. The van der Waals surface area contributed by atoms with Gasteiger partial charge in [-0.15, -0.1) is 0 Å². The standard InChI is InChI=1S/C13H18N2O3S/c1-10-5-6-11(8-14)7-12(10)19(16,17)15-9-13(2,3)18-4/h5-7,15H,9H2,1-4H3. The molecule has 6 heteroatoms. The largest absolute Gasteiger partial charge is 0.377 e. The summed E-state index contributed by atoms with van der Waals surface area (Å²) in [4.78, 5) is 0.124. The molecule has 0 amide bonds. The summed E-state index contributed by atoms with van der Waals surface area (Å²) in [6, 6.07) is 6.52. The minimum absolute atomic E-state index is 0.124. The van der Waals surface area contributed by atoms with Crippen LogP contribution in [0.1, 0.15) is 25.0 Å². The van der Waals surface area contributed by atoms with Gasteiger partial charge in [0.1, 0.15) is 0 Å². The van der Waals surface area contributed by atoms with Crippen LogP contribution in [-0.4, -0.2) is 27.7 Å². The number of ether oxygens (including phenoxy) is 1. The van der Waals surface area contributed by atoms with Crippen LogP contribution in [0, 0.1) is 18.3 Å². The molecule has 0 saturated heterocycles. The molecule has 19 heavy (non-hydrogen) atoms. The zero-order valence-corrected chi connectivity index (χ0v) is 12.3. The fourth-order valence-corrected chi connectivity index (χ4v) is 2.85. The third-order valence-electron chi connectivity index (χ3n) is 2.85. The number of aryl methyl sites for hydroxylation is 1. The average Bonchev–Trinajstić information content (AvgIpc) is 2.37. The molecule has 0 spiro atoms. The van der Waals surface area contributed by atoms with Crippen LogP contribution in [0.15, 0.2) is 23.1 Å². The maximum atomic E-state index is 12.2. The van der Waals surface area contributed by atoms with Gasteiger partial charge in [-0.25, -0.2) is 13.1 Å². The normalized spacial score (nSPS) is 12.2. The van der Waals surface area contributed by atoms with E-state index in [1.54, 1.807) is 32.9 Å². The molecule has 0 bridgehead atoms. The van der Waals surface area contributed by atoms with Gasteiger partial charge in [0.15, 0.2) is 0 Å². The second-order valence-electron chi connectivity index (χ2n) is 4.88. The summed E-state index contributed by atoms with van der Waals surface area (Å²) >= 11 is 0. The second-order valence-corrected chi connectivity index (χ2v) is 6.62. The van der Waals surface area contributed by atoms with Crippen molar-refractivity contribution in [2.45, 2.75) is 31.3 Å². The van der Waals surface area contributed by atoms with Crippen LogP contribution in [0.5, 0.6) is 0 Å². The number of benzene rings is 1. The predicted octanol–water partition coefficient (Wildman–Crippen LogP) is 1.57. The second kappa shape index (κ2) is 5.70. The van der Waals surface area contributed by atoms with Crippen LogP contribution < -0.4 is 4.72 Å². The first kappa shape index (κ1) is 15.6. The molecule has 0 heterocycles. The molecule has 0 saturated carbocycles. The monoisotopic (exact) mass is 282 g/mol. The zero-order valence-electron chi connectivity index (χ0n) is 11.5. The Morgan fingerprint density at radius 2 is 2.05 bits per heavy atom. The van der Waals surface area contributed by atoms with E-state index >= 15 is 0 Å². The number of rotatable bonds is 5. The first-order valence-electron chi connectivity index (χ1n) is 5.77. The smallest absolute Gasteiger partial charge is 0.240 e. The molecule has 0 fully saturated rings. The lowest BCUT2D eigenvalue weighted by Gasteiger charge is -2.23. The van der Waals surface area contributed by atoms with Crippen molar-refractivity contribution in [1.29, 1.82) is 5.26 Å². The summed E-state index contributed by atoms with van der Waals surface area (Å²) in [5.74, 6) is 0. The van der Waals surface area contributed by atoms with E-state index in [0.717, 1.165) is 0 Å². The van der Waals surface area contributed by atoms with Gasteiger partial charge in [0.2, 0.25) is 10.0 Å². The summed E-state index contributed by atoms with van der Waals surface area (Å²) in [6.07, 6.45) is 0. The van der Waals surface area contributed by atoms with Crippen LogP contribution in [0.4, 0.5) is 0 Å². The zero-order chi connectivity index (χ0) is 14.7. The van der Waals surface area contributed by atoms with Crippen molar-refractivity contribution in [3.05, 3.63) is 29.3 Å². The molecule has 5 nitrogen and oxygen atoms in total. The first-order chi connectivity index (χ1) is 8.72. The molecule has 0 radical (unpaired) electrons. The van der Waals surface area contributed by atoms with E-state index in [-0.39, 0.29) is 11.4 Å².